The Labute approximate surface area is 105 Å². The molecule has 0 saturated carbocycles. The zero-order valence-electron chi connectivity index (χ0n) is 7.38. The molecule has 15 heavy (non-hydrogen) atoms. The van der Waals surface area contributed by atoms with Gasteiger partial charge in [0.2, 0.25) is 0 Å². The Hall–Kier alpha value is -0.960. The molecule has 4 nitrogen and oxygen atoms in total. The van der Waals surface area contributed by atoms with Gasteiger partial charge in [-0.25, -0.2) is 4.39 Å². The molecule has 0 radical (unpaired) electrons. The van der Waals surface area contributed by atoms with Crippen molar-refractivity contribution in [3.8, 4) is 0 Å². The summed E-state index contributed by atoms with van der Waals surface area (Å²) in [6.45, 7) is 0. The number of amides is 1. The molecule has 0 spiro atoms. The van der Waals surface area contributed by atoms with Crippen LogP contribution in [-0.4, -0.2) is 11.0 Å². The van der Waals surface area contributed by atoms with Crippen molar-refractivity contribution in [3.63, 3.8) is 0 Å². The average molecular weight is 339 g/mol. The number of carbonyl (C=O) groups excluding carboxylic acids is 1. The fourth-order valence-electron chi connectivity index (χ4n) is 0.859. The molecule has 80 valence electrons. The van der Waals surface area contributed by atoms with Gasteiger partial charge in [0.25, 0.3) is 5.91 Å². The van der Waals surface area contributed by atoms with Crippen LogP contribution in [0.25, 0.3) is 0 Å². The Balaban J connectivity index is 2.78. The maximum atomic E-state index is 12.7. The number of hydrazine groups is 1. The molecule has 0 aromatic heterocycles. The summed E-state index contributed by atoms with van der Waals surface area (Å²) < 4.78 is 13.2. The Kier molecular flexibility index (Phi) is 4.21. The lowest BCUT2D eigenvalue weighted by atomic mass is 10.2. The summed E-state index contributed by atoms with van der Waals surface area (Å²) in [5.41, 5.74) is 10.0. The molecule has 0 aliphatic heterocycles. The van der Waals surface area contributed by atoms with Crippen LogP contribution in [0.5, 0.6) is 0 Å². The number of halogens is 2. The van der Waals surface area contributed by atoms with Gasteiger partial charge < -0.3 is 5.73 Å². The first-order valence-electron chi connectivity index (χ1n) is 3.81. The molecule has 0 unspecified atom stereocenters. The highest BCUT2D eigenvalue weighted by atomic mass is 127. The van der Waals surface area contributed by atoms with Gasteiger partial charge in [-0.15, -0.1) is 0 Å². The Bertz CT molecular complexity index is 413. The van der Waals surface area contributed by atoms with Gasteiger partial charge >= 0.3 is 0 Å². The quantitative estimate of drug-likeness (QED) is 0.404. The number of thiocarbonyl (C=S) groups is 1. The Morgan fingerprint density at radius 3 is 2.67 bits per heavy atom. The van der Waals surface area contributed by atoms with Gasteiger partial charge in [0.15, 0.2) is 5.11 Å². The summed E-state index contributed by atoms with van der Waals surface area (Å²) >= 11 is 6.37. The molecule has 1 aromatic carbocycles. The third kappa shape index (κ3) is 3.59. The van der Waals surface area contributed by atoms with Crippen LogP contribution >= 0.6 is 34.8 Å². The highest BCUT2D eigenvalue weighted by molar-refractivity contribution is 14.1. The number of hydrogen-bond acceptors (Lipinski definition) is 2. The summed E-state index contributed by atoms with van der Waals surface area (Å²) in [4.78, 5) is 11.5. The molecule has 1 aromatic rings. The fourth-order valence-corrected chi connectivity index (χ4v) is 1.63. The van der Waals surface area contributed by atoms with E-state index in [-0.39, 0.29) is 5.11 Å². The number of nitrogens with one attached hydrogen (secondary N) is 2. The minimum atomic E-state index is -0.424. The van der Waals surface area contributed by atoms with Crippen LogP contribution < -0.4 is 16.6 Å². The van der Waals surface area contributed by atoms with E-state index in [1.54, 1.807) is 0 Å². The largest absolute Gasteiger partial charge is 0.375 e. The number of hydrogen-bond donors (Lipinski definition) is 3. The van der Waals surface area contributed by atoms with E-state index in [1.165, 1.54) is 18.2 Å². The lowest BCUT2D eigenvalue weighted by molar-refractivity contribution is 0.0943. The van der Waals surface area contributed by atoms with Gasteiger partial charge in [-0.05, 0) is 53.0 Å². The highest BCUT2D eigenvalue weighted by Crippen LogP contribution is 2.13. The van der Waals surface area contributed by atoms with E-state index >= 15 is 0 Å². The molecular formula is C8H7FIN3OS. The van der Waals surface area contributed by atoms with Gasteiger partial charge in [-0.2, -0.15) is 0 Å². The van der Waals surface area contributed by atoms with Crippen molar-refractivity contribution in [1.29, 1.82) is 0 Å². The number of benzene rings is 1. The van der Waals surface area contributed by atoms with E-state index < -0.39 is 11.7 Å². The summed E-state index contributed by atoms with van der Waals surface area (Å²) in [7, 11) is 0. The Morgan fingerprint density at radius 2 is 2.13 bits per heavy atom. The van der Waals surface area contributed by atoms with E-state index in [0.29, 0.717) is 9.13 Å². The predicted octanol–water partition coefficient (Wildman–Crippen LogP) is 0.908. The predicted molar refractivity (Wildman–Crippen MR) is 66.5 cm³/mol. The summed E-state index contributed by atoms with van der Waals surface area (Å²) in [6, 6.07) is 3.85. The molecule has 7 heteroatoms. The lowest BCUT2D eigenvalue weighted by Gasteiger charge is -2.07. The third-order valence-corrected chi connectivity index (χ3v) is 2.47. The van der Waals surface area contributed by atoms with Crippen LogP contribution in [-0.2, 0) is 0 Å². The van der Waals surface area contributed by atoms with Crippen LogP contribution in [0.1, 0.15) is 10.4 Å². The smallest absolute Gasteiger partial charge is 0.270 e. The van der Waals surface area contributed by atoms with Gasteiger partial charge in [0.1, 0.15) is 5.82 Å². The van der Waals surface area contributed by atoms with Crippen molar-refractivity contribution < 1.29 is 9.18 Å². The van der Waals surface area contributed by atoms with Crippen molar-refractivity contribution in [3.05, 3.63) is 33.1 Å². The van der Waals surface area contributed by atoms with Gasteiger partial charge in [-0.3, -0.25) is 15.6 Å². The van der Waals surface area contributed by atoms with Crippen LogP contribution in [0.2, 0.25) is 0 Å². The van der Waals surface area contributed by atoms with Crippen molar-refractivity contribution in [2.24, 2.45) is 5.73 Å². The lowest BCUT2D eigenvalue weighted by Crippen LogP contribution is -2.44. The molecule has 0 fully saturated rings. The summed E-state index contributed by atoms with van der Waals surface area (Å²) in [6.07, 6.45) is 0. The molecule has 0 aliphatic rings. The molecular weight excluding hydrogens is 332 g/mol. The van der Waals surface area contributed by atoms with Crippen molar-refractivity contribution in [2.45, 2.75) is 0 Å². The monoisotopic (exact) mass is 339 g/mol. The van der Waals surface area contributed by atoms with E-state index in [2.05, 4.69) is 23.1 Å². The molecule has 1 rings (SSSR count). The molecule has 0 bridgehead atoms. The second-order valence-electron chi connectivity index (χ2n) is 2.57. The Morgan fingerprint density at radius 1 is 1.47 bits per heavy atom. The van der Waals surface area contributed by atoms with Crippen molar-refractivity contribution in [1.82, 2.24) is 10.9 Å². The van der Waals surface area contributed by atoms with E-state index in [9.17, 15) is 9.18 Å². The minimum Gasteiger partial charge on any atom is -0.375 e. The van der Waals surface area contributed by atoms with E-state index in [0.717, 1.165) is 0 Å². The zero-order chi connectivity index (χ0) is 11.4. The first-order chi connectivity index (χ1) is 7.00. The number of rotatable bonds is 1. The van der Waals surface area contributed by atoms with Crippen molar-refractivity contribution in [2.75, 3.05) is 0 Å². The third-order valence-electron chi connectivity index (χ3n) is 1.47. The van der Waals surface area contributed by atoms with Gasteiger partial charge in [-0.1, -0.05) is 0 Å². The zero-order valence-corrected chi connectivity index (χ0v) is 10.4. The summed E-state index contributed by atoms with van der Waals surface area (Å²) in [5, 5.41) is -0.0412. The molecule has 0 atom stereocenters. The first kappa shape index (κ1) is 12.1. The molecule has 4 N–H and O–H groups in total. The molecule has 0 heterocycles. The SMILES string of the molecule is NC(=S)NNC(=O)c1ccc(F)cc1I. The van der Waals surface area contributed by atoms with Crippen molar-refractivity contribution >= 4 is 45.8 Å². The standard InChI is InChI=1S/C8H7FIN3OS/c9-4-1-2-5(6(10)3-4)7(14)12-13-8(11)15/h1-3H,(H,12,14)(H3,11,13,15). The minimum absolute atomic E-state index is 0.0412. The van der Waals surface area contributed by atoms with E-state index in [4.69, 9.17) is 5.73 Å². The van der Waals surface area contributed by atoms with Crippen LogP contribution in [0.4, 0.5) is 4.39 Å². The molecule has 1 amide bonds. The van der Waals surface area contributed by atoms with Crippen LogP contribution in [0, 0.1) is 9.39 Å². The second-order valence-corrected chi connectivity index (χ2v) is 4.17. The molecule has 0 aliphatic carbocycles. The van der Waals surface area contributed by atoms with Crippen LogP contribution in [0.15, 0.2) is 18.2 Å². The van der Waals surface area contributed by atoms with Gasteiger partial charge in [0.05, 0.1) is 5.56 Å². The van der Waals surface area contributed by atoms with E-state index in [1.807, 2.05) is 22.6 Å². The maximum Gasteiger partial charge on any atom is 0.270 e. The molecule has 0 saturated heterocycles. The second kappa shape index (κ2) is 5.21. The normalized spacial score (nSPS) is 9.47. The summed E-state index contributed by atoms with van der Waals surface area (Å²) in [5.74, 6) is -0.814. The topological polar surface area (TPSA) is 67.2 Å². The van der Waals surface area contributed by atoms with Crippen LogP contribution in [0.3, 0.4) is 0 Å². The maximum absolute atomic E-state index is 12.7. The number of nitrogens with two attached hydrogens (primary N) is 1. The fraction of sp³-hybridized carbons (Fsp3) is 0. The first-order valence-corrected chi connectivity index (χ1v) is 5.30. The highest BCUT2D eigenvalue weighted by Gasteiger charge is 2.09. The van der Waals surface area contributed by atoms with Gasteiger partial charge in [0, 0.05) is 3.57 Å². The number of carbonyl (C=O) groups is 1. The average Bonchev–Trinajstić information content (AvgIpc) is 2.14.